The Bertz CT molecular complexity index is 444. The van der Waals surface area contributed by atoms with Crippen molar-refractivity contribution in [2.45, 2.75) is 32.7 Å². The van der Waals surface area contributed by atoms with Gasteiger partial charge in [-0.25, -0.2) is 13.1 Å². The zero-order valence-corrected chi connectivity index (χ0v) is 12.5. The van der Waals surface area contributed by atoms with Crippen LogP contribution in [0, 0.1) is 0 Å². The summed E-state index contributed by atoms with van der Waals surface area (Å²) in [5.74, 6) is 0.182. The van der Waals surface area contributed by atoms with E-state index in [1.165, 1.54) is 0 Å². The van der Waals surface area contributed by atoms with Gasteiger partial charge in [0.1, 0.15) is 0 Å². The molecule has 2 N–H and O–H groups in total. The molecule has 1 aromatic carbocycles. The zero-order chi connectivity index (χ0) is 14.1. The third kappa shape index (κ3) is 7.97. The molecule has 1 aromatic rings. The van der Waals surface area contributed by atoms with Crippen LogP contribution in [0.2, 0.25) is 0 Å². The predicted octanol–water partition coefficient (Wildman–Crippen LogP) is 1.54. The first-order valence-corrected chi connectivity index (χ1v) is 8.39. The van der Waals surface area contributed by atoms with Crippen molar-refractivity contribution in [3.05, 3.63) is 35.9 Å². The summed E-state index contributed by atoms with van der Waals surface area (Å²) < 4.78 is 26.1. The molecule has 4 nitrogen and oxygen atoms in total. The Labute approximate surface area is 116 Å². The lowest BCUT2D eigenvalue weighted by Gasteiger charge is -2.09. The Balaban J connectivity index is 2.20. The first-order valence-electron chi connectivity index (χ1n) is 6.74. The number of hydrogen-bond acceptors (Lipinski definition) is 3. The lowest BCUT2D eigenvalue weighted by molar-refractivity contribution is 0.561. The average molecular weight is 284 g/mol. The van der Waals surface area contributed by atoms with E-state index in [9.17, 15) is 8.42 Å². The molecular weight excluding hydrogens is 260 g/mol. The summed E-state index contributed by atoms with van der Waals surface area (Å²) in [7, 11) is -3.14. The normalized spacial score (nSPS) is 11.9. The van der Waals surface area contributed by atoms with E-state index in [4.69, 9.17) is 0 Å². The minimum atomic E-state index is -3.14. The first-order chi connectivity index (χ1) is 8.99. The molecule has 19 heavy (non-hydrogen) atoms. The molecule has 0 aliphatic carbocycles. The van der Waals surface area contributed by atoms with Crippen LogP contribution in [-0.2, 0) is 16.4 Å². The molecule has 0 amide bonds. The quantitative estimate of drug-likeness (QED) is 0.676. The Hall–Kier alpha value is -0.910. The van der Waals surface area contributed by atoms with Crippen LogP contribution in [0.25, 0.3) is 0 Å². The molecule has 108 valence electrons. The highest BCUT2D eigenvalue weighted by Crippen LogP contribution is 1.99. The van der Waals surface area contributed by atoms with Crippen molar-refractivity contribution >= 4 is 10.0 Å². The largest absolute Gasteiger partial charge is 0.314 e. The van der Waals surface area contributed by atoms with Crippen LogP contribution in [0.15, 0.2) is 30.3 Å². The number of rotatable bonds is 9. The molecule has 0 fully saturated rings. The van der Waals surface area contributed by atoms with Crippen LogP contribution in [0.3, 0.4) is 0 Å². The second-order valence-corrected chi connectivity index (χ2v) is 6.84. The smallest absolute Gasteiger partial charge is 0.211 e. The van der Waals surface area contributed by atoms with Crippen LogP contribution in [0.4, 0.5) is 0 Å². The minimum absolute atomic E-state index is 0.182. The molecule has 0 spiro atoms. The minimum Gasteiger partial charge on any atom is -0.314 e. The van der Waals surface area contributed by atoms with E-state index in [0.29, 0.717) is 19.0 Å². The molecule has 0 unspecified atom stereocenters. The van der Waals surface area contributed by atoms with Crippen molar-refractivity contribution in [1.29, 1.82) is 0 Å². The van der Waals surface area contributed by atoms with Crippen molar-refractivity contribution < 1.29 is 8.42 Å². The summed E-state index contributed by atoms with van der Waals surface area (Å²) in [6.07, 6.45) is 1.36. The molecule has 0 saturated heterocycles. The van der Waals surface area contributed by atoms with Crippen molar-refractivity contribution in [3.63, 3.8) is 0 Å². The van der Waals surface area contributed by atoms with E-state index in [2.05, 4.69) is 10.0 Å². The molecule has 0 heterocycles. The summed E-state index contributed by atoms with van der Waals surface area (Å²) >= 11 is 0. The van der Waals surface area contributed by atoms with Gasteiger partial charge in [0.05, 0.1) is 5.75 Å². The summed E-state index contributed by atoms with van der Waals surface area (Å²) in [6.45, 7) is 5.29. The van der Waals surface area contributed by atoms with Crippen LogP contribution in [-0.4, -0.2) is 33.3 Å². The standard InChI is InChI=1S/C14H24N2O2S/c1-13(2)15-10-6-12-19(17,18)16-11-9-14-7-4-3-5-8-14/h3-5,7-8,13,15-16H,6,9-12H2,1-2H3. The van der Waals surface area contributed by atoms with Gasteiger partial charge >= 0.3 is 0 Å². The fraction of sp³-hybridized carbons (Fsp3) is 0.571. The van der Waals surface area contributed by atoms with Crippen molar-refractivity contribution in [3.8, 4) is 0 Å². The van der Waals surface area contributed by atoms with Gasteiger partial charge in [-0.1, -0.05) is 44.2 Å². The second kappa shape index (κ2) is 8.30. The fourth-order valence-corrected chi connectivity index (χ4v) is 2.80. The predicted molar refractivity (Wildman–Crippen MR) is 79.7 cm³/mol. The Morgan fingerprint density at radius 3 is 2.42 bits per heavy atom. The van der Waals surface area contributed by atoms with Crippen molar-refractivity contribution in [1.82, 2.24) is 10.0 Å². The summed E-state index contributed by atoms with van der Waals surface area (Å²) in [4.78, 5) is 0. The Morgan fingerprint density at radius 1 is 1.11 bits per heavy atom. The summed E-state index contributed by atoms with van der Waals surface area (Å²) in [5, 5.41) is 3.21. The van der Waals surface area contributed by atoms with Crippen LogP contribution >= 0.6 is 0 Å². The average Bonchev–Trinajstić information content (AvgIpc) is 2.36. The van der Waals surface area contributed by atoms with Gasteiger partial charge in [0, 0.05) is 12.6 Å². The van der Waals surface area contributed by atoms with Crippen LogP contribution in [0.1, 0.15) is 25.8 Å². The molecule has 0 atom stereocenters. The lowest BCUT2D eigenvalue weighted by Crippen LogP contribution is -2.31. The van der Waals surface area contributed by atoms with Gasteiger partial charge in [0.25, 0.3) is 0 Å². The zero-order valence-electron chi connectivity index (χ0n) is 11.7. The molecule has 1 rings (SSSR count). The first kappa shape index (κ1) is 16.1. The van der Waals surface area contributed by atoms with E-state index >= 15 is 0 Å². The molecule has 0 bridgehead atoms. The maximum absolute atomic E-state index is 11.7. The highest BCUT2D eigenvalue weighted by molar-refractivity contribution is 7.89. The van der Waals surface area contributed by atoms with Gasteiger partial charge in [-0.05, 0) is 24.9 Å². The molecule has 5 heteroatoms. The van der Waals surface area contributed by atoms with E-state index in [0.717, 1.165) is 18.5 Å². The molecule has 0 radical (unpaired) electrons. The van der Waals surface area contributed by atoms with Gasteiger partial charge in [-0.2, -0.15) is 0 Å². The third-order valence-electron chi connectivity index (χ3n) is 2.72. The maximum atomic E-state index is 11.7. The van der Waals surface area contributed by atoms with Crippen molar-refractivity contribution in [2.75, 3.05) is 18.8 Å². The maximum Gasteiger partial charge on any atom is 0.211 e. The van der Waals surface area contributed by atoms with E-state index in [1.54, 1.807) is 0 Å². The summed E-state index contributed by atoms with van der Waals surface area (Å²) in [6, 6.07) is 10.3. The Kier molecular flexibility index (Phi) is 7.05. The second-order valence-electron chi connectivity index (χ2n) is 4.91. The number of benzene rings is 1. The number of hydrogen-bond donors (Lipinski definition) is 2. The number of sulfonamides is 1. The molecule has 0 saturated carbocycles. The summed E-state index contributed by atoms with van der Waals surface area (Å²) in [5.41, 5.74) is 1.15. The molecule has 0 aliphatic rings. The fourth-order valence-electron chi connectivity index (χ4n) is 1.72. The van der Waals surface area contributed by atoms with Crippen molar-refractivity contribution in [2.24, 2.45) is 0 Å². The number of nitrogens with one attached hydrogen (secondary N) is 2. The topological polar surface area (TPSA) is 58.2 Å². The van der Waals surface area contributed by atoms with Crippen LogP contribution < -0.4 is 10.0 Å². The van der Waals surface area contributed by atoms with Crippen LogP contribution in [0.5, 0.6) is 0 Å². The third-order valence-corrected chi connectivity index (χ3v) is 4.19. The van der Waals surface area contributed by atoms with Gasteiger partial charge in [-0.15, -0.1) is 0 Å². The SMILES string of the molecule is CC(C)NCCCS(=O)(=O)NCCc1ccccc1. The van der Waals surface area contributed by atoms with Gasteiger partial charge in [0.2, 0.25) is 10.0 Å². The lowest BCUT2D eigenvalue weighted by atomic mass is 10.2. The van der Waals surface area contributed by atoms with Gasteiger partial charge in [-0.3, -0.25) is 0 Å². The van der Waals surface area contributed by atoms with E-state index in [1.807, 2.05) is 44.2 Å². The molecular formula is C14H24N2O2S. The highest BCUT2D eigenvalue weighted by atomic mass is 32.2. The highest BCUT2D eigenvalue weighted by Gasteiger charge is 2.08. The van der Waals surface area contributed by atoms with E-state index in [-0.39, 0.29) is 5.75 Å². The van der Waals surface area contributed by atoms with Gasteiger partial charge in [0.15, 0.2) is 0 Å². The molecule has 0 aromatic heterocycles. The van der Waals surface area contributed by atoms with Gasteiger partial charge < -0.3 is 5.32 Å². The molecule has 0 aliphatic heterocycles. The monoisotopic (exact) mass is 284 g/mol. The van der Waals surface area contributed by atoms with E-state index < -0.39 is 10.0 Å². The Morgan fingerprint density at radius 2 is 1.79 bits per heavy atom.